The maximum Gasteiger partial charge on any atom is 0.153 e. The highest BCUT2D eigenvalue weighted by Crippen LogP contribution is 2.48. The van der Waals surface area contributed by atoms with Crippen LogP contribution in [0.4, 0.5) is 0 Å². The number of hydrogen-bond acceptors (Lipinski definition) is 4. The van der Waals surface area contributed by atoms with Gasteiger partial charge in [-0.25, -0.2) is 8.42 Å². The zero-order valence-electron chi connectivity index (χ0n) is 11.1. The Morgan fingerprint density at radius 1 is 1.28 bits per heavy atom. The third-order valence-electron chi connectivity index (χ3n) is 5.19. The smallest absolute Gasteiger partial charge is 0.153 e. The number of hydrogen-bond donors (Lipinski definition) is 2. The lowest BCUT2D eigenvalue weighted by atomic mass is 9.62. The van der Waals surface area contributed by atoms with Crippen LogP contribution >= 0.6 is 0 Å². The van der Waals surface area contributed by atoms with Crippen LogP contribution in [-0.2, 0) is 9.84 Å². The first kappa shape index (κ1) is 14.3. The Hall–Kier alpha value is -0.130. The summed E-state index contributed by atoms with van der Waals surface area (Å²) in [6.07, 6.45) is 4.66. The van der Waals surface area contributed by atoms with Gasteiger partial charge in [0.05, 0.1) is 17.6 Å². The van der Waals surface area contributed by atoms with E-state index in [1.165, 1.54) is 6.42 Å². The fraction of sp³-hybridized carbons (Fsp3) is 1.00. The van der Waals surface area contributed by atoms with Crippen molar-refractivity contribution in [2.75, 3.05) is 18.1 Å². The summed E-state index contributed by atoms with van der Waals surface area (Å²) < 4.78 is 23.3. The van der Waals surface area contributed by atoms with Crippen LogP contribution in [0.2, 0.25) is 0 Å². The summed E-state index contributed by atoms with van der Waals surface area (Å²) >= 11 is 0. The zero-order valence-corrected chi connectivity index (χ0v) is 12.0. The monoisotopic (exact) mass is 275 g/mol. The van der Waals surface area contributed by atoms with Crippen molar-refractivity contribution in [1.29, 1.82) is 0 Å². The van der Waals surface area contributed by atoms with E-state index < -0.39 is 15.9 Å². The summed E-state index contributed by atoms with van der Waals surface area (Å²) in [6.45, 7) is 2.70. The van der Waals surface area contributed by atoms with Gasteiger partial charge in [0.15, 0.2) is 9.84 Å². The minimum Gasteiger partial charge on any atom is -0.392 e. The Morgan fingerprint density at radius 3 is 2.28 bits per heavy atom. The van der Waals surface area contributed by atoms with Crippen LogP contribution in [0.1, 0.15) is 39.0 Å². The average Bonchev–Trinajstić information content (AvgIpc) is 2.63. The van der Waals surface area contributed by atoms with Crippen LogP contribution in [0.5, 0.6) is 0 Å². The first-order valence-corrected chi connectivity index (χ1v) is 8.83. The molecule has 0 amide bonds. The molecule has 1 heterocycles. The van der Waals surface area contributed by atoms with E-state index >= 15 is 0 Å². The largest absolute Gasteiger partial charge is 0.392 e. The quantitative estimate of drug-likeness (QED) is 0.803. The second kappa shape index (κ2) is 5.10. The number of rotatable bonds is 3. The van der Waals surface area contributed by atoms with Gasteiger partial charge in [0.25, 0.3) is 0 Å². The van der Waals surface area contributed by atoms with Gasteiger partial charge in [-0.2, -0.15) is 0 Å². The molecule has 0 spiro atoms. The third kappa shape index (κ3) is 2.58. The third-order valence-corrected chi connectivity index (χ3v) is 6.91. The Balaban J connectivity index is 2.14. The maximum absolute atomic E-state index is 11.7. The SMILES string of the molecule is CCC1CCC(CN)(C2CS(=O)(=O)CC2O)CC1. The minimum absolute atomic E-state index is 0.0728. The van der Waals surface area contributed by atoms with E-state index in [9.17, 15) is 13.5 Å². The molecule has 0 aromatic carbocycles. The molecule has 1 aliphatic heterocycles. The molecule has 1 aliphatic carbocycles. The van der Waals surface area contributed by atoms with Gasteiger partial charge >= 0.3 is 0 Å². The van der Waals surface area contributed by atoms with E-state index in [1.54, 1.807) is 0 Å². The zero-order chi connectivity index (χ0) is 13.4. The molecule has 5 heteroatoms. The number of nitrogens with two attached hydrogens (primary N) is 1. The van der Waals surface area contributed by atoms with Crippen LogP contribution < -0.4 is 5.73 Å². The molecule has 0 aromatic heterocycles. The average molecular weight is 275 g/mol. The Bertz CT molecular complexity index is 385. The highest BCUT2D eigenvalue weighted by atomic mass is 32.2. The highest BCUT2D eigenvalue weighted by Gasteiger charge is 2.49. The standard InChI is InChI=1S/C13H25NO3S/c1-2-10-3-5-13(9-14,6-4-10)11-7-18(16,17)8-12(11)15/h10-12,15H,2-9,14H2,1H3. The van der Waals surface area contributed by atoms with Crippen molar-refractivity contribution in [2.45, 2.75) is 45.1 Å². The lowest BCUT2D eigenvalue weighted by Crippen LogP contribution is -2.45. The van der Waals surface area contributed by atoms with E-state index in [1.807, 2.05) is 0 Å². The molecule has 2 aliphatic rings. The molecule has 106 valence electrons. The van der Waals surface area contributed by atoms with Crippen LogP contribution in [0.15, 0.2) is 0 Å². The predicted octanol–water partition coefficient (Wildman–Crippen LogP) is 0.937. The van der Waals surface area contributed by atoms with Crippen LogP contribution in [0.3, 0.4) is 0 Å². The molecular formula is C13H25NO3S. The fourth-order valence-electron chi connectivity index (χ4n) is 3.80. The molecule has 1 saturated carbocycles. The molecule has 0 aromatic rings. The van der Waals surface area contributed by atoms with Crippen molar-refractivity contribution in [1.82, 2.24) is 0 Å². The molecule has 0 radical (unpaired) electrons. The van der Waals surface area contributed by atoms with Crippen LogP contribution in [0, 0.1) is 17.3 Å². The van der Waals surface area contributed by atoms with E-state index in [0.29, 0.717) is 6.54 Å². The van der Waals surface area contributed by atoms with Crippen molar-refractivity contribution in [2.24, 2.45) is 23.0 Å². The second-order valence-electron chi connectivity index (χ2n) is 6.17. The van der Waals surface area contributed by atoms with E-state index in [2.05, 4.69) is 6.92 Å². The number of sulfone groups is 1. The molecule has 4 nitrogen and oxygen atoms in total. The second-order valence-corrected chi connectivity index (χ2v) is 8.32. The Morgan fingerprint density at radius 2 is 1.89 bits per heavy atom. The Kier molecular flexibility index (Phi) is 4.04. The van der Waals surface area contributed by atoms with Gasteiger partial charge in [-0.3, -0.25) is 0 Å². The molecule has 2 fully saturated rings. The molecule has 18 heavy (non-hydrogen) atoms. The van der Waals surface area contributed by atoms with E-state index in [-0.39, 0.29) is 22.8 Å². The van der Waals surface area contributed by atoms with Gasteiger partial charge in [0, 0.05) is 5.92 Å². The summed E-state index contributed by atoms with van der Waals surface area (Å²) in [6, 6.07) is 0. The molecule has 2 unspecified atom stereocenters. The fourth-order valence-corrected chi connectivity index (χ4v) is 5.81. The maximum atomic E-state index is 11.7. The topological polar surface area (TPSA) is 80.4 Å². The number of aliphatic hydroxyl groups excluding tert-OH is 1. The summed E-state index contributed by atoms with van der Waals surface area (Å²) in [7, 11) is -3.07. The van der Waals surface area contributed by atoms with Crippen LogP contribution in [0.25, 0.3) is 0 Å². The van der Waals surface area contributed by atoms with Crippen molar-refractivity contribution < 1.29 is 13.5 Å². The highest BCUT2D eigenvalue weighted by molar-refractivity contribution is 7.91. The molecule has 2 rings (SSSR count). The summed E-state index contributed by atoms with van der Waals surface area (Å²) in [5.41, 5.74) is 5.81. The van der Waals surface area contributed by atoms with Gasteiger partial charge in [-0.05, 0) is 43.6 Å². The first-order valence-electron chi connectivity index (χ1n) is 7.01. The summed E-state index contributed by atoms with van der Waals surface area (Å²) in [4.78, 5) is 0. The van der Waals surface area contributed by atoms with E-state index in [4.69, 9.17) is 5.73 Å². The van der Waals surface area contributed by atoms with Crippen molar-refractivity contribution in [3.05, 3.63) is 0 Å². The van der Waals surface area contributed by atoms with Gasteiger partial charge in [-0.1, -0.05) is 13.3 Å². The van der Waals surface area contributed by atoms with Crippen molar-refractivity contribution in [3.63, 3.8) is 0 Å². The summed E-state index contributed by atoms with van der Waals surface area (Å²) in [5.74, 6) is 0.656. The number of aliphatic hydroxyl groups is 1. The lowest BCUT2D eigenvalue weighted by molar-refractivity contribution is 0.0176. The summed E-state index contributed by atoms with van der Waals surface area (Å²) in [5, 5.41) is 10.1. The predicted molar refractivity (Wildman–Crippen MR) is 71.9 cm³/mol. The van der Waals surface area contributed by atoms with Crippen LogP contribution in [-0.4, -0.2) is 37.7 Å². The van der Waals surface area contributed by atoms with Crippen molar-refractivity contribution in [3.8, 4) is 0 Å². The van der Waals surface area contributed by atoms with Gasteiger partial charge < -0.3 is 10.8 Å². The van der Waals surface area contributed by atoms with Gasteiger partial charge in [0.1, 0.15) is 0 Å². The van der Waals surface area contributed by atoms with Gasteiger partial charge in [0.2, 0.25) is 0 Å². The molecule has 2 atom stereocenters. The Labute approximate surface area is 110 Å². The first-order chi connectivity index (χ1) is 8.42. The van der Waals surface area contributed by atoms with Crippen molar-refractivity contribution >= 4 is 9.84 Å². The molecule has 0 bridgehead atoms. The normalized spacial score (nSPS) is 44.1. The van der Waals surface area contributed by atoms with E-state index in [0.717, 1.165) is 31.6 Å². The van der Waals surface area contributed by atoms with Gasteiger partial charge in [-0.15, -0.1) is 0 Å². The minimum atomic E-state index is -3.07. The molecular weight excluding hydrogens is 250 g/mol. The molecule has 3 N–H and O–H groups in total. The molecule has 1 saturated heterocycles. The lowest BCUT2D eigenvalue weighted by Gasteiger charge is -2.44.